The van der Waals surface area contributed by atoms with E-state index >= 15 is 0 Å². The van der Waals surface area contributed by atoms with E-state index in [9.17, 15) is 0 Å². The lowest BCUT2D eigenvalue weighted by Crippen LogP contribution is -2.09. The van der Waals surface area contributed by atoms with Gasteiger partial charge in [0.2, 0.25) is 0 Å². The number of benzene rings is 1. The molecule has 1 aromatic carbocycles. The maximum atomic E-state index is 6.03. The monoisotopic (exact) mass is 227 g/mol. The third kappa shape index (κ3) is 4.23. The average molecular weight is 228 g/mol. The molecule has 0 saturated carbocycles. The molecule has 2 N–H and O–H groups in total. The second kappa shape index (κ2) is 6.86. The normalized spacial score (nSPS) is 12.3. The number of hydrogen-bond donors (Lipinski definition) is 1. The fourth-order valence-electron chi connectivity index (χ4n) is 1.61. The summed E-state index contributed by atoms with van der Waals surface area (Å²) in [6, 6.07) is 8.91. The van der Waals surface area contributed by atoms with Gasteiger partial charge in [-0.05, 0) is 23.5 Å². The molecule has 0 fully saturated rings. The Hall–Kier alpha value is -0.530. The maximum absolute atomic E-state index is 6.03. The van der Waals surface area contributed by atoms with Crippen LogP contribution in [0.3, 0.4) is 0 Å². The molecule has 86 valence electrons. The van der Waals surface area contributed by atoms with Crippen LogP contribution < -0.4 is 5.73 Å². The van der Waals surface area contributed by atoms with Gasteiger partial charge in [-0.25, -0.2) is 0 Å². The molecule has 0 aliphatic rings. The molecule has 0 aliphatic carbocycles. The van der Waals surface area contributed by atoms with Crippen LogP contribution in [0.4, 0.5) is 0 Å². The van der Waals surface area contributed by atoms with Gasteiger partial charge in [0.1, 0.15) is 0 Å². The van der Waals surface area contributed by atoms with Crippen molar-refractivity contribution in [3.63, 3.8) is 0 Å². The molecule has 1 rings (SSSR count). The molecule has 1 aromatic rings. The molecule has 1 nitrogen and oxygen atoms in total. The Bertz CT molecular complexity index is 266. The lowest BCUT2D eigenvalue weighted by atomic mass is 9.98. The highest BCUT2D eigenvalue weighted by Crippen LogP contribution is 2.19. The molecule has 0 spiro atoms. The summed E-state index contributed by atoms with van der Waals surface area (Å²) in [5, 5.41) is 0. The zero-order chi connectivity index (χ0) is 10.6. The SMILES string of the molecule is CCCC(N)c1ccc(C(C)C)cc1.Cl. The first-order valence-electron chi connectivity index (χ1n) is 5.50. The standard InChI is InChI=1S/C13H21N.ClH/c1-4-5-13(14)12-8-6-11(7-9-12)10(2)3;/h6-10,13H,4-5,14H2,1-3H3;1H. The lowest BCUT2D eigenvalue weighted by Gasteiger charge is -2.12. The minimum Gasteiger partial charge on any atom is -0.324 e. The van der Waals surface area contributed by atoms with Crippen molar-refractivity contribution in [1.82, 2.24) is 0 Å². The Labute approximate surface area is 99.5 Å². The summed E-state index contributed by atoms with van der Waals surface area (Å²) in [4.78, 5) is 0. The van der Waals surface area contributed by atoms with Gasteiger partial charge in [0.05, 0.1) is 0 Å². The van der Waals surface area contributed by atoms with Gasteiger partial charge in [0.15, 0.2) is 0 Å². The zero-order valence-electron chi connectivity index (χ0n) is 9.86. The molecule has 0 aromatic heterocycles. The maximum Gasteiger partial charge on any atom is 0.0294 e. The average Bonchev–Trinajstić information content (AvgIpc) is 2.18. The van der Waals surface area contributed by atoms with E-state index in [2.05, 4.69) is 45.0 Å². The van der Waals surface area contributed by atoms with E-state index in [0.29, 0.717) is 5.92 Å². The van der Waals surface area contributed by atoms with Crippen LogP contribution in [0, 0.1) is 0 Å². The summed E-state index contributed by atoms with van der Waals surface area (Å²) in [5.74, 6) is 0.603. The summed E-state index contributed by atoms with van der Waals surface area (Å²) in [5.41, 5.74) is 8.68. The summed E-state index contributed by atoms with van der Waals surface area (Å²) < 4.78 is 0. The van der Waals surface area contributed by atoms with Crippen LogP contribution in [-0.4, -0.2) is 0 Å². The zero-order valence-corrected chi connectivity index (χ0v) is 10.7. The Morgan fingerprint density at radius 3 is 1.93 bits per heavy atom. The molecule has 0 saturated heterocycles. The van der Waals surface area contributed by atoms with E-state index in [1.807, 2.05) is 0 Å². The summed E-state index contributed by atoms with van der Waals surface area (Å²) in [6.45, 7) is 6.59. The van der Waals surface area contributed by atoms with Gasteiger partial charge in [-0.1, -0.05) is 51.5 Å². The van der Waals surface area contributed by atoms with E-state index in [1.54, 1.807) is 0 Å². The van der Waals surface area contributed by atoms with Gasteiger partial charge in [-0.3, -0.25) is 0 Å². The molecule has 15 heavy (non-hydrogen) atoms. The van der Waals surface area contributed by atoms with Crippen molar-refractivity contribution in [3.8, 4) is 0 Å². The van der Waals surface area contributed by atoms with Gasteiger partial charge < -0.3 is 5.73 Å². The van der Waals surface area contributed by atoms with Crippen molar-refractivity contribution in [1.29, 1.82) is 0 Å². The lowest BCUT2D eigenvalue weighted by molar-refractivity contribution is 0.638. The first kappa shape index (κ1) is 14.5. The van der Waals surface area contributed by atoms with Crippen molar-refractivity contribution >= 4 is 12.4 Å². The van der Waals surface area contributed by atoms with Crippen LogP contribution in [0.2, 0.25) is 0 Å². The Kier molecular flexibility index (Phi) is 6.62. The van der Waals surface area contributed by atoms with E-state index in [4.69, 9.17) is 5.73 Å². The Morgan fingerprint density at radius 1 is 1.07 bits per heavy atom. The molecular weight excluding hydrogens is 206 g/mol. The van der Waals surface area contributed by atoms with Crippen molar-refractivity contribution in [2.75, 3.05) is 0 Å². The minimum absolute atomic E-state index is 0. The molecule has 0 aliphatic heterocycles. The summed E-state index contributed by atoms with van der Waals surface area (Å²) in [6.07, 6.45) is 2.22. The van der Waals surface area contributed by atoms with E-state index < -0.39 is 0 Å². The van der Waals surface area contributed by atoms with Crippen LogP contribution >= 0.6 is 12.4 Å². The van der Waals surface area contributed by atoms with E-state index in [0.717, 1.165) is 12.8 Å². The molecule has 0 bridgehead atoms. The van der Waals surface area contributed by atoms with Gasteiger partial charge in [-0.2, -0.15) is 0 Å². The fraction of sp³-hybridized carbons (Fsp3) is 0.538. The fourth-order valence-corrected chi connectivity index (χ4v) is 1.61. The van der Waals surface area contributed by atoms with Crippen LogP contribution in [-0.2, 0) is 0 Å². The van der Waals surface area contributed by atoms with Gasteiger partial charge in [0, 0.05) is 6.04 Å². The first-order valence-corrected chi connectivity index (χ1v) is 5.50. The highest BCUT2D eigenvalue weighted by molar-refractivity contribution is 5.85. The van der Waals surface area contributed by atoms with E-state index in [-0.39, 0.29) is 18.4 Å². The van der Waals surface area contributed by atoms with Gasteiger partial charge in [-0.15, -0.1) is 12.4 Å². The van der Waals surface area contributed by atoms with Gasteiger partial charge in [0.25, 0.3) is 0 Å². The number of rotatable bonds is 4. The molecule has 0 heterocycles. The van der Waals surface area contributed by atoms with E-state index in [1.165, 1.54) is 11.1 Å². The minimum atomic E-state index is 0. The number of nitrogens with two attached hydrogens (primary N) is 1. The number of halogens is 1. The molecule has 2 heteroatoms. The highest BCUT2D eigenvalue weighted by atomic mass is 35.5. The number of hydrogen-bond acceptors (Lipinski definition) is 1. The smallest absolute Gasteiger partial charge is 0.0294 e. The molecule has 1 unspecified atom stereocenters. The van der Waals surface area contributed by atoms with Crippen LogP contribution in [0.25, 0.3) is 0 Å². The van der Waals surface area contributed by atoms with Crippen molar-refractivity contribution in [2.45, 2.75) is 45.6 Å². The first-order chi connectivity index (χ1) is 6.65. The third-order valence-electron chi connectivity index (χ3n) is 2.63. The second-order valence-corrected chi connectivity index (χ2v) is 4.22. The van der Waals surface area contributed by atoms with Crippen LogP contribution in [0.1, 0.15) is 56.7 Å². The van der Waals surface area contributed by atoms with Gasteiger partial charge >= 0.3 is 0 Å². The quantitative estimate of drug-likeness (QED) is 0.826. The van der Waals surface area contributed by atoms with Crippen molar-refractivity contribution < 1.29 is 0 Å². The van der Waals surface area contributed by atoms with Crippen LogP contribution in [0.5, 0.6) is 0 Å². The molecule has 1 atom stereocenters. The topological polar surface area (TPSA) is 26.0 Å². The molecule has 0 radical (unpaired) electrons. The summed E-state index contributed by atoms with van der Waals surface area (Å²) >= 11 is 0. The Morgan fingerprint density at radius 2 is 1.53 bits per heavy atom. The third-order valence-corrected chi connectivity index (χ3v) is 2.63. The largest absolute Gasteiger partial charge is 0.324 e. The summed E-state index contributed by atoms with van der Waals surface area (Å²) in [7, 11) is 0. The predicted octanol–water partition coefficient (Wildman–Crippen LogP) is 4.03. The highest BCUT2D eigenvalue weighted by Gasteiger charge is 2.05. The molecular formula is C13H22ClN. The second-order valence-electron chi connectivity index (χ2n) is 4.22. The van der Waals surface area contributed by atoms with Crippen molar-refractivity contribution in [3.05, 3.63) is 35.4 Å². The predicted molar refractivity (Wildman–Crippen MR) is 69.6 cm³/mol. The molecule has 0 amide bonds. The Balaban J connectivity index is 0.00000196. The van der Waals surface area contributed by atoms with Crippen LogP contribution in [0.15, 0.2) is 24.3 Å². The van der Waals surface area contributed by atoms with Crippen molar-refractivity contribution in [2.24, 2.45) is 5.73 Å².